The van der Waals surface area contributed by atoms with Crippen molar-refractivity contribution in [2.75, 3.05) is 19.0 Å². The maximum Gasteiger partial charge on any atom is 0.341 e. The van der Waals surface area contributed by atoms with E-state index in [0.29, 0.717) is 0 Å². The van der Waals surface area contributed by atoms with Crippen LogP contribution in [-0.2, 0) is 14.3 Å². The number of rotatable bonds is 5. The van der Waals surface area contributed by atoms with E-state index in [2.05, 4.69) is 10.1 Å². The lowest BCUT2D eigenvalue weighted by atomic mass is 10.1. The summed E-state index contributed by atoms with van der Waals surface area (Å²) in [6.07, 6.45) is 0. The van der Waals surface area contributed by atoms with Crippen LogP contribution in [0.4, 0.5) is 5.69 Å². The smallest absolute Gasteiger partial charge is 0.341 e. The van der Waals surface area contributed by atoms with Gasteiger partial charge in [-0.15, -0.1) is 0 Å². The number of methoxy groups -OCH3 is 1. The van der Waals surface area contributed by atoms with Crippen LogP contribution >= 0.6 is 11.6 Å². The van der Waals surface area contributed by atoms with Gasteiger partial charge < -0.3 is 19.5 Å². The third kappa shape index (κ3) is 4.11. The van der Waals surface area contributed by atoms with Crippen LogP contribution in [0.2, 0.25) is 5.02 Å². The Bertz CT molecular complexity index is 614. The normalized spacial score (nSPS) is 9.86. The second kappa shape index (κ2) is 7.65. The van der Waals surface area contributed by atoms with Gasteiger partial charge in [0.2, 0.25) is 5.91 Å². The number of carbonyl (C=O) groups excluding carboxylic acids is 3. The number of esters is 2. The topological polar surface area (TPSA) is 90.9 Å². The number of nitrogens with one attached hydrogen (secondary N) is 1. The standard InChI is InChI=1S/C14H16ClNO6/c1-5-21-12-9(14(19)20-4)6-10(15)11(16-7(2)17)13(12)22-8(3)18/h6H,5H2,1-4H3,(H,16,17). The van der Waals surface area contributed by atoms with Crippen molar-refractivity contribution < 1.29 is 28.6 Å². The fraction of sp³-hybridized carbons (Fsp3) is 0.357. The van der Waals surface area contributed by atoms with Crippen LogP contribution in [0.5, 0.6) is 11.5 Å². The number of benzene rings is 1. The summed E-state index contributed by atoms with van der Waals surface area (Å²) in [5.74, 6) is -1.97. The summed E-state index contributed by atoms with van der Waals surface area (Å²) in [5.41, 5.74) is 0.0279. The molecule has 120 valence electrons. The lowest BCUT2D eigenvalue weighted by Gasteiger charge is -2.18. The second-order valence-electron chi connectivity index (χ2n) is 4.14. The van der Waals surface area contributed by atoms with E-state index in [1.165, 1.54) is 27.0 Å². The molecule has 1 N–H and O–H groups in total. The van der Waals surface area contributed by atoms with Crippen molar-refractivity contribution in [2.45, 2.75) is 20.8 Å². The van der Waals surface area contributed by atoms with E-state index in [4.69, 9.17) is 21.1 Å². The minimum absolute atomic E-state index is 0.00954. The van der Waals surface area contributed by atoms with Crippen LogP contribution in [0.25, 0.3) is 0 Å². The molecule has 0 spiro atoms. The van der Waals surface area contributed by atoms with Gasteiger partial charge in [0.1, 0.15) is 11.3 Å². The number of anilines is 1. The van der Waals surface area contributed by atoms with Gasteiger partial charge in [0.15, 0.2) is 11.5 Å². The average molecular weight is 330 g/mol. The number of hydrogen-bond donors (Lipinski definition) is 1. The van der Waals surface area contributed by atoms with E-state index in [1.54, 1.807) is 6.92 Å². The average Bonchev–Trinajstić information content (AvgIpc) is 2.43. The lowest BCUT2D eigenvalue weighted by molar-refractivity contribution is -0.132. The summed E-state index contributed by atoms with van der Waals surface area (Å²) < 4.78 is 15.1. The number of ether oxygens (including phenoxy) is 3. The Kier molecular flexibility index (Phi) is 6.18. The molecular formula is C14H16ClNO6. The first kappa shape index (κ1) is 17.8. The van der Waals surface area contributed by atoms with Crippen molar-refractivity contribution in [1.29, 1.82) is 0 Å². The fourth-order valence-electron chi connectivity index (χ4n) is 1.69. The fourth-order valence-corrected chi connectivity index (χ4v) is 1.93. The molecule has 0 saturated carbocycles. The van der Waals surface area contributed by atoms with E-state index in [9.17, 15) is 14.4 Å². The summed E-state index contributed by atoms with van der Waals surface area (Å²) in [7, 11) is 1.19. The minimum atomic E-state index is -0.715. The largest absolute Gasteiger partial charge is 0.489 e. The van der Waals surface area contributed by atoms with E-state index < -0.39 is 17.8 Å². The van der Waals surface area contributed by atoms with Gasteiger partial charge in [-0.2, -0.15) is 0 Å². The summed E-state index contributed by atoms with van der Waals surface area (Å²) in [5, 5.41) is 2.46. The van der Waals surface area contributed by atoms with Crippen LogP contribution in [0.15, 0.2) is 6.07 Å². The van der Waals surface area contributed by atoms with Gasteiger partial charge in [-0.1, -0.05) is 11.6 Å². The highest BCUT2D eigenvalue weighted by Crippen LogP contribution is 2.44. The number of carbonyl (C=O) groups is 3. The lowest BCUT2D eigenvalue weighted by Crippen LogP contribution is -2.14. The van der Waals surface area contributed by atoms with Crippen molar-refractivity contribution in [3.05, 3.63) is 16.7 Å². The first-order chi connectivity index (χ1) is 10.3. The van der Waals surface area contributed by atoms with Crippen molar-refractivity contribution in [1.82, 2.24) is 0 Å². The SMILES string of the molecule is CCOc1c(C(=O)OC)cc(Cl)c(NC(C)=O)c1OC(C)=O. The monoisotopic (exact) mass is 329 g/mol. The quantitative estimate of drug-likeness (QED) is 0.659. The summed E-state index contributed by atoms with van der Waals surface area (Å²) in [6, 6.07) is 1.27. The van der Waals surface area contributed by atoms with Gasteiger partial charge in [0.25, 0.3) is 0 Å². The molecule has 1 amide bonds. The summed E-state index contributed by atoms with van der Waals surface area (Å²) in [6.45, 7) is 4.32. The first-order valence-corrected chi connectivity index (χ1v) is 6.73. The molecule has 1 aromatic rings. The zero-order valence-electron chi connectivity index (χ0n) is 12.6. The Morgan fingerprint density at radius 1 is 1.23 bits per heavy atom. The molecule has 1 aromatic carbocycles. The third-order valence-corrected chi connectivity index (χ3v) is 2.73. The van der Waals surface area contributed by atoms with Crippen LogP contribution < -0.4 is 14.8 Å². The molecule has 0 aliphatic carbocycles. The molecule has 0 radical (unpaired) electrons. The van der Waals surface area contributed by atoms with Gasteiger partial charge in [0, 0.05) is 13.8 Å². The maximum atomic E-state index is 11.8. The molecule has 0 heterocycles. The Labute approximate surface area is 132 Å². The zero-order valence-corrected chi connectivity index (χ0v) is 13.4. The molecule has 0 atom stereocenters. The predicted octanol–water partition coefficient (Wildman–Crippen LogP) is 2.41. The van der Waals surface area contributed by atoms with Crippen molar-refractivity contribution in [3.8, 4) is 11.5 Å². The van der Waals surface area contributed by atoms with Gasteiger partial charge in [-0.25, -0.2) is 4.79 Å². The Hall–Kier alpha value is -2.28. The van der Waals surface area contributed by atoms with Crippen LogP contribution in [0.3, 0.4) is 0 Å². The molecule has 0 bridgehead atoms. The van der Waals surface area contributed by atoms with E-state index >= 15 is 0 Å². The van der Waals surface area contributed by atoms with E-state index in [1.807, 2.05) is 0 Å². The number of hydrogen-bond acceptors (Lipinski definition) is 6. The molecule has 8 heteroatoms. The number of amides is 1. The molecule has 1 rings (SSSR count). The van der Waals surface area contributed by atoms with E-state index in [-0.39, 0.29) is 34.4 Å². The Balaban J connectivity index is 3.64. The molecule has 0 unspecified atom stereocenters. The van der Waals surface area contributed by atoms with Crippen molar-refractivity contribution in [3.63, 3.8) is 0 Å². The molecule has 0 aliphatic heterocycles. The molecule has 0 fully saturated rings. The molecule has 22 heavy (non-hydrogen) atoms. The highest BCUT2D eigenvalue weighted by atomic mass is 35.5. The van der Waals surface area contributed by atoms with Crippen LogP contribution in [0.1, 0.15) is 31.1 Å². The van der Waals surface area contributed by atoms with Gasteiger partial charge in [0.05, 0.1) is 18.7 Å². The number of halogens is 1. The molecule has 0 aromatic heterocycles. The van der Waals surface area contributed by atoms with E-state index in [0.717, 1.165) is 0 Å². The van der Waals surface area contributed by atoms with Crippen molar-refractivity contribution >= 4 is 35.1 Å². The second-order valence-corrected chi connectivity index (χ2v) is 4.55. The summed E-state index contributed by atoms with van der Waals surface area (Å²) in [4.78, 5) is 34.5. The molecular weight excluding hydrogens is 314 g/mol. The highest BCUT2D eigenvalue weighted by molar-refractivity contribution is 6.34. The molecule has 7 nitrogen and oxygen atoms in total. The third-order valence-electron chi connectivity index (χ3n) is 2.43. The summed E-state index contributed by atoms with van der Waals surface area (Å²) >= 11 is 6.07. The van der Waals surface area contributed by atoms with Gasteiger partial charge in [-0.3, -0.25) is 9.59 Å². The van der Waals surface area contributed by atoms with Crippen LogP contribution in [0, 0.1) is 0 Å². The zero-order chi connectivity index (χ0) is 16.9. The first-order valence-electron chi connectivity index (χ1n) is 6.35. The van der Waals surface area contributed by atoms with Crippen molar-refractivity contribution in [2.24, 2.45) is 0 Å². The van der Waals surface area contributed by atoms with Gasteiger partial charge >= 0.3 is 11.9 Å². The Morgan fingerprint density at radius 3 is 2.32 bits per heavy atom. The maximum absolute atomic E-state index is 11.8. The minimum Gasteiger partial charge on any atom is -0.489 e. The van der Waals surface area contributed by atoms with Crippen LogP contribution in [-0.4, -0.2) is 31.6 Å². The highest BCUT2D eigenvalue weighted by Gasteiger charge is 2.26. The van der Waals surface area contributed by atoms with Gasteiger partial charge in [-0.05, 0) is 13.0 Å². The predicted molar refractivity (Wildman–Crippen MR) is 79.6 cm³/mol. The molecule has 0 aliphatic rings. The Morgan fingerprint density at radius 2 is 1.86 bits per heavy atom. The molecule has 0 saturated heterocycles.